The van der Waals surface area contributed by atoms with Crippen molar-refractivity contribution in [3.63, 3.8) is 0 Å². The molecule has 0 amide bonds. The maximum absolute atomic E-state index is 10.8. The van der Waals surface area contributed by atoms with Crippen LogP contribution in [0.25, 0.3) is 0 Å². The number of phenolic OH excluding ortho intramolecular Hbond substituents is 1. The van der Waals surface area contributed by atoms with Gasteiger partial charge in [-0.15, -0.1) is 0 Å². The van der Waals surface area contributed by atoms with Crippen molar-refractivity contribution in [3.8, 4) is 11.5 Å². The summed E-state index contributed by atoms with van der Waals surface area (Å²) in [6.07, 6.45) is 1.49. The number of aromatic carboxylic acids is 1. The van der Waals surface area contributed by atoms with Crippen molar-refractivity contribution in [2.24, 2.45) is 4.99 Å². The van der Waals surface area contributed by atoms with Gasteiger partial charge in [-0.25, -0.2) is 4.79 Å². The van der Waals surface area contributed by atoms with Gasteiger partial charge in [0.15, 0.2) is 11.5 Å². The molecule has 0 aliphatic rings. The number of benzene rings is 2. The minimum absolute atomic E-state index is 0.0205. The third kappa shape index (κ3) is 4.11. The molecule has 2 aromatic carbocycles. The molecule has 0 spiro atoms. The van der Waals surface area contributed by atoms with Crippen molar-refractivity contribution in [2.75, 3.05) is 6.61 Å². The van der Waals surface area contributed by atoms with Gasteiger partial charge in [0, 0.05) is 15.2 Å². The molecule has 0 atom stereocenters. The SMILES string of the molecule is CCOc1cc(Br)c(Br)c(C=Nc2ccc(C(=O)O)cc2)c1O. The Morgan fingerprint density at radius 2 is 1.96 bits per heavy atom. The zero-order valence-electron chi connectivity index (χ0n) is 12.1. The summed E-state index contributed by atoms with van der Waals surface area (Å²) in [6, 6.07) is 7.79. The van der Waals surface area contributed by atoms with E-state index in [1.807, 2.05) is 6.92 Å². The Morgan fingerprint density at radius 1 is 1.30 bits per heavy atom. The Morgan fingerprint density at radius 3 is 2.52 bits per heavy atom. The number of rotatable bonds is 5. The fraction of sp³-hybridized carbons (Fsp3) is 0.125. The Kier molecular flexibility index (Phi) is 5.79. The lowest BCUT2D eigenvalue weighted by Crippen LogP contribution is -1.96. The molecule has 0 heterocycles. The second-order valence-corrected chi connectivity index (χ2v) is 6.12. The van der Waals surface area contributed by atoms with Crippen LogP contribution in [0.1, 0.15) is 22.8 Å². The molecule has 2 rings (SSSR count). The van der Waals surface area contributed by atoms with Gasteiger partial charge in [-0.1, -0.05) is 0 Å². The summed E-state index contributed by atoms with van der Waals surface area (Å²) in [5.74, 6) is -0.660. The highest BCUT2D eigenvalue weighted by molar-refractivity contribution is 9.13. The number of ether oxygens (including phenoxy) is 1. The van der Waals surface area contributed by atoms with Crippen LogP contribution in [-0.4, -0.2) is 29.0 Å². The van der Waals surface area contributed by atoms with Crippen LogP contribution in [0.5, 0.6) is 11.5 Å². The predicted molar refractivity (Wildman–Crippen MR) is 95.3 cm³/mol. The summed E-state index contributed by atoms with van der Waals surface area (Å²) in [6.45, 7) is 2.25. The fourth-order valence-electron chi connectivity index (χ4n) is 1.82. The van der Waals surface area contributed by atoms with E-state index in [9.17, 15) is 9.90 Å². The fourth-order valence-corrected chi connectivity index (χ4v) is 2.65. The van der Waals surface area contributed by atoms with Gasteiger partial charge in [-0.05, 0) is 69.1 Å². The van der Waals surface area contributed by atoms with Crippen LogP contribution in [0.2, 0.25) is 0 Å². The first kappa shape index (κ1) is 17.5. The molecular weight excluding hydrogens is 430 g/mol. The molecule has 0 radical (unpaired) electrons. The van der Waals surface area contributed by atoms with Gasteiger partial charge in [0.2, 0.25) is 0 Å². The maximum Gasteiger partial charge on any atom is 0.335 e. The summed E-state index contributed by atoms with van der Waals surface area (Å²) in [5.41, 5.74) is 1.22. The molecule has 0 saturated heterocycles. The zero-order chi connectivity index (χ0) is 17.0. The molecule has 5 nitrogen and oxygen atoms in total. The van der Waals surface area contributed by atoms with E-state index in [0.717, 1.165) is 4.47 Å². The molecule has 120 valence electrons. The van der Waals surface area contributed by atoms with E-state index < -0.39 is 5.97 Å². The molecule has 0 saturated carbocycles. The molecule has 0 aromatic heterocycles. The van der Waals surface area contributed by atoms with Crippen LogP contribution in [-0.2, 0) is 0 Å². The third-order valence-electron chi connectivity index (χ3n) is 2.95. The van der Waals surface area contributed by atoms with Gasteiger partial charge in [0.25, 0.3) is 0 Å². The van der Waals surface area contributed by atoms with Gasteiger partial charge in [0.1, 0.15) is 0 Å². The molecule has 0 unspecified atom stereocenters. The first-order valence-electron chi connectivity index (χ1n) is 6.65. The van der Waals surface area contributed by atoms with Crippen LogP contribution in [0.15, 0.2) is 44.3 Å². The number of phenols is 1. The van der Waals surface area contributed by atoms with Crippen LogP contribution < -0.4 is 4.74 Å². The summed E-state index contributed by atoms with van der Waals surface area (Å²) in [5, 5.41) is 19.1. The smallest absolute Gasteiger partial charge is 0.335 e. The number of nitrogens with zero attached hydrogens (tertiary/aromatic N) is 1. The standard InChI is InChI=1S/C16H13Br2NO4/c1-2-23-13-7-12(17)14(18)11(15(13)20)8-19-10-5-3-9(4-6-10)16(21)22/h3-8,20H,2H2,1H3,(H,21,22). The molecule has 23 heavy (non-hydrogen) atoms. The highest BCUT2D eigenvalue weighted by Gasteiger charge is 2.14. The largest absolute Gasteiger partial charge is 0.504 e. The zero-order valence-corrected chi connectivity index (χ0v) is 15.3. The molecule has 2 aromatic rings. The summed E-state index contributed by atoms with van der Waals surface area (Å²) < 4.78 is 6.75. The summed E-state index contributed by atoms with van der Waals surface area (Å²) in [7, 11) is 0. The quantitative estimate of drug-likeness (QED) is 0.654. The van der Waals surface area contributed by atoms with Gasteiger partial charge in [-0.3, -0.25) is 4.99 Å². The van der Waals surface area contributed by atoms with Crippen molar-refractivity contribution in [1.82, 2.24) is 0 Å². The first-order chi connectivity index (χ1) is 10.9. The minimum Gasteiger partial charge on any atom is -0.504 e. The van der Waals surface area contributed by atoms with Crippen molar-refractivity contribution < 1.29 is 19.7 Å². The maximum atomic E-state index is 10.8. The van der Waals surface area contributed by atoms with Gasteiger partial charge < -0.3 is 14.9 Å². The average molecular weight is 443 g/mol. The number of aliphatic imine (C=N–C) groups is 1. The molecule has 0 fully saturated rings. The first-order valence-corrected chi connectivity index (χ1v) is 8.23. The monoisotopic (exact) mass is 441 g/mol. The van der Waals surface area contributed by atoms with Crippen LogP contribution >= 0.6 is 31.9 Å². The number of halogens is 2. The molecule has 0 bridgehead atoms. The van der Waals surface area contributed by atoms with Gasteiger partial charge in [-0.2, -0.15) is 0 Å². The number of carbonyl (C=O) groups is 1. The molecule has 7 heteroatoms. The van der Waals surface area contributed by atoms with E-state index >= 15 is 0 Å². The second-order valence-electron chi connectivity index (χ2n) is 4.48. The van der Waals surface area contributed by atoms with Crippen molar-refractivity contribution >= 4 is 49.7 Å². The highest BCUT2D eigenvalue weighted by atomic mass is 79.9. The normalized spacial score (nSPS) is 10.9. The Bertz CT molecular complexity index is 758. The lowest BCUT2D eigenvalue weighted by Gasteiger charge is -2.11. The van der Waals surface area contributed by atoms with Crippen LogP contribution in [0.4, 0.5) is 5.69 Å². The Balaban J connectivity index is 2.36. The van der Waals surface area contributed by atoms with Crippen LogP contribution in [0.3, 0.4) is 0 Å². The van der Waals surface area contributed by atoms with E-state index in [1.54, 1.807) is 18.2 Å². The highest BCUT2D eigenvalue weighted by Crippen LogP contribution is 2.39. The van der Waals surface area contributed by atoms with Crippen LogP contribution in [0, 0.1) is 0 Å². The van der Waals surface area contributed by atoms with Gasteiger partial charge >= 0.3 is 5.97 Å². The Hall–Kier alpha value is -1.86. The number of hydrogen-bond acceptors (Lipinski definition) is 4. The average Bonchev–Trinajstić information content (AvgIpc) is 2.53. The summed E-state index contributed by atoms with van der Waals surface area (Å²) >= 11 is 6.78. The van der Waals surface area contributed by atoms with E-state index in [1.165, 1.54) is 18.3 Å². The van der Waals surface area contributed by atoms with Gasteiger partial charge in [0.05, 0.1) is 23.4 Å². The molecule has 0 aliphatic carbocycles. The summed E-state index contributed by atoms with van der Waals surface area (Å²) in [4.78, 5) is 15.1. The van der Waals surface area contributed by atoms with E-state index in [2.05, 4.69) is 36.9 Å². The van der Waals surface area contributed by atoms with E-state index in [0.29, 0.717) is 28.1 Å². The number of carboxylic acids is 1. The topological polar surface area (TPSA) is 79.1 Å². The number of carboxylic acid groups (broad SMARTS) is 1. The van der Waals surface area contributed by atoms with E-state index in [-0.39, 0.29) is 11.3 Å². The second kappa shape index (κ2) is 7.61. The molecule has 2 N–H and O–H groups in total. The lowest BCUT2D eigenvalue weighted by atomic mass is 10.2. The lowest BCUT2D eigenvalue weighted by molar-refractivity contribution is 0.0697. The Labute approximate surface area is 149 Å². The number of aromatic hydroxyl groups is 1. The third-order valence-corrected chi connectivity index (χ3v) is 4.96. The van der Waals surface area contributed by atoms with Crippen molar-refractivity contribution in [2.45, 2.75) is 6.92 Å². The molecular formula is C16H13Br2NO4. The minimum atomic E-state index is -0.991. The molecule has 0 aliphatic heterocycles. The van der Waals surface area contributed by atoms with Crippen molar-refractivity contribution in [1.29, 1.82) is 0 Å². The number of hydrogen-bond donors (Lipinski definition) is 2. The van der Waals surface area contributed by atoms with E-state index in [4.69, 9.17) is 9.84 Å². The predicted octanol–water partition coefficient (Wildman–Crippen LogP) is 4.76. The van der Waals surface area contributed by atoms with Crippen molar-refractivity contribution in [3.05, 3.63) is 50.4 Å².